The van der Waals surface area contributed by atoms with Gasteiger partial charge in [-0.25, -0.2) is 4.68 Å². The third kappa shape index (κ3) is 4.23. The third-order valence-electron chi connectivity index (χ3n) is 6.70. The molecule has 0 bridgehead atoms. The highest BCUT2D eigenvalue weighted by Gasteiger charge is 2.30. The molecule has 32 heavy (non-hydrogen) atoms. The molecule has 2 aromatic carbocycles. The predicted molar refractivity (Wildman–Crippen MR) is 123 cm³/mol. The molecule has 3 heterocycles. The minimum Gasteiger partial charge on any atom is -0.369 e. The van der Waals surface area contributed by atoms with Gasteiger partial charge in [0, 0.05) is 56.6 Å². The van der Waals surface area contributed by atoms with Crippen molar-refractivity contribution in [3.8, 4) is 5.69 Å². The van der Waals surface area contributed by atoms with E-state index in [1.54, 1.807) is 11.0 Å². The van der Waals surface area contributed by atoms with E-state index in [2.05, 4.69) is 56.5 Å². The lowest BCUT2D eigenvalue weighted by Gasteiger charge is -2.44. The van der Waals surface area contributed by atoms with Crippen LogP contribution in [-0.4, -0.2) is 81.2 Å². The number of aryl methyl sites for hydroxylation is 1. The summed E-state index contributed by atoms with van der Waals surface area (Å²) >= 11 is 0. The molecule has 2 saturated heterocycles. The van der Waals surface area contributed by atoms with E-state index >= 15 is 0 Å². The summed E-state index contributed by atoms with van der Waals surface area (Å²) in [6.07, 6.45) is 3.76. The normalized spacial score (nSPS) is 19.8. The Morgan fingerprint density at radius 2 is 1.75 bits per heavy atom. The number of rotatable bonds is 4. The Hall–Kier alpha value is -3.26. The maximum Gasteiger partial charge on any atom is 0.253 e. The molecule has 0 aliphatic carbocycles. The number of piperidine rings is 1. The first-order valence-electron chi connectivity index (χ1n) is 11.4. The Morgan fingerprint density at radius 1 is 0.969 bits per heavy atom. The lowest BCUT2D eigenvalue weighted by atomic mass is 10.0. The van der Waals surface area contributed by atoms with Gasteiger partial charge in [-0.3, -0.25) is 9.69 Å². The summed E-state index contributed by atoms with van der Waals surface area (Å²) in [6.45, 7) is 7.97. The van der Waals surface area contributed by atoms with E-state index in [1.165, 1.54) is 11.3 Å². The van der Waals surface area contributed by atoms with E-state index in [0.29, 0.717) is 11.6 Å². The molecule has 0 spiro atoms. The zero-order chi connectivity index (χ0) is 21.9. The van der Waals surface area contributed by atoms with Crippen LogP contribution in [0.25, 0.3) is 5.69 Å². The van der Waals surface area contributed by atoms with E-state index in [1.807, 2.05) is 29.2 Å². The SMILES string of the molecule is Cc1ccccc1N1CCN([C@H]2CCCN(C(=O)c3ccc(-n4cnnn4)cc3)C2)CC1. The summed E-state index contributed by atoms with van der Waals surface area (Å²) in [6, 6.07) is 16.6. The Kier molecular flexibility index (Phi) is 5.85. The Morgan fingerprint density at radius 3 is 2.47 bits per heavy atom. The van der Waals surface area contributed by atoms with Gasteiger partial charge < -0.3 is 9.80 Å². The summed E-state index contributed by atoms with van der Waals surface area (Å²) < 4.78 is 1.59. The second-order valence-electron chi connectivity index (χ2n) is 8.66. The van der Waals surface area contributed by atoms with Crippen LogP contribution in [0.5, 0.6) is 0 Å². The number of amides is 1. The van der Waals surface area contributed by atoms with Gasteiger partial charge in [0.1, 0.15) is 6.33 Å². The molecule has 8 heteroatoms. The van der Waals surface area contributed by atoms with Gasteiger partial charge in [0.15, 0.2) is 0 Å². The highest BCUT2D eigenvalue weighted by atomic mass is 16.2. The molecule has 0 N–H and O–H groups in total. The Labute approximate surface area is 188 Å². The smallest absolute Gasteiger partial charge is 0.253 e. The molecule has 5 rings (SSSR count). The molecule has 1 aromatic heterocycles. The quantitative estimate of drug-likeness (QED) is 0.632. The highest BCUT2D eigenvalue weighted by Crippen LogP contribution is 2.24. The fourth-order valence-corrected chi connectivity index (χ4v) is 4.90. The molecule has 2 fully saturated rings. The van der Waals surface area contributed by atoms with Gasteiger partial charge in [-0.2, -0.15) is 0 Å². The van der Waals surface area contributed by atoms with Crippen molar-refractivity contribution in [3.05, 3.63) is 66.0 Å². The van der Waals surface area contributed by atoms with Gasteiger partial charge in [0.2, 0.25) is 0 Å². The van der Waals surface area contributed by atoms with Crippen molar-refractivity contribution in [1.82, 2.24) is 30.0 Å². The van der Waals surface area contributed by atoms with Gasteiger partial charge in [-0.05, 0) is 66.1 Å². The molecule has 8 nitrogen and oxygen atoms in total. The van der Waals surface area contributed by atoms with Gasteiger partial charge in [0.05, 0.1) is 5.69 Å². The van der Waals surface area contributed by atoms with E-state index in [4.69, 9.17) is 0 Å². The largest absolute Gasteiger partial charge is 0.369 e. The number of anilines is 1. The molecule has 0 radical (unpaired) electrons. The summed E-state index contributed by atoms with van der Waals surface area (Å²) in [4.78, 5) is 20.2. The van der Waals surface area contributed by atoms with Gasteiger partial charge >= 0.3 is 0 Å². The number of hydrogen-bond donors (Lipinski definition) is 0. The van der Waals surface area contributed by atoms with Crippen molar-refractivity contribution < 1.29 is 4.79 Å². The van der Waals surface area contributed by atoms with E-state index in [-0.39, 0.29) is 5.91 Å². The number of carbonyl (C=O) groups excluding carboxylic acids is 1. The molecule has 166 valence electrons. The molecule has 1 atom stereocenters. The van der Waals surface area contributed by atoms with E-state index in [9.17, 15) is 4.79 Å². The van der Waals surface area contributed by atoms with Crippen molar-refractivity contribution in [2.24, 2.45) is 0 Å². The van der Waals surface area contributed by atoms with Crippen molar-refractivity contribution in [2.75, 3.05) is 44.2 Å². The molecule has 0 saturated carbocycles. The molecule has 1 amide bonds. The minimum absolute atomic E-state index is 0.108. The summed E-state index contributed by atoms with van der Waals surface area (Å²) in [7, 11) is 0. The van der Waals surface area contributed by atoms with Crippen molar-refractivity contribution >= 4 is 11.6 Å². The predicted octanol–water partition coefficient (Wildman–Crippen LogP) is 2.40. The summed E-state index contributed by atoms with van der Waals surface area (Å²) in [5.41, 5.74) is 4.24. The topological polar surface area (TPSA) is 70.4 Å². The van der Waals surface area contributed by atoms with Crippen LogP contribution in [0.3, 0.4) is 0 Å². The average Bonchev–Trinajstić information content (AvgIpc) is 3.39. The molecule has 2 aliphatic heterocycles. The number of hydrogen-bond acceptors (Lipinski definition) is 6. The van der Waals surface area contributed by atoms with Crippen LogP contribution in [0.1, 0.15) is 28.8 Å². The molecule has 2 aliphatic rings. The Bertz CT molecular complexity index is 1040. The molecular weight excluding hydrogens is 402 g/mol. The van der Waals surface area contributed by atoms with Crippen LogP contribution < -0.4 is 4.90 Å². The minimum atomic E-state index is 0.108. The highest BCUT2D eigenvalue weighted by molar-refractivity contribution is 5.94. The van der Waals surface area contributed by atoms with Crippen LogP contribution >= 0.6 is 0 Å². The first-order chi connectivity index (χ1) is 15.7. The average molecular weight is 432 g/mol. The Balaban J connectivity index is 1.19. The van der Waals surface area contributed by atoms with Crippen LogP contribution in [-0.2, 0) is 0 Å². The number of aromatic nitrogens is 4. The number of piperazine rings is 1. The monoisotopic (exact) mass is 431 g/mol. The number of nitrogens with zero attached hydrogens (tertiary/aromatic N) is 7. The van der Waals surface area contributed by atoms with Crippen molar-refractivity contribution in [3.63, 3.8) is 0 Å². The third-order valence-corrected chi connectivity index (χ3v) is 6.70. The van der Waals surface area contributed by atoms with Crippen molar-refractivity contribution in [1.29, 1.82) is 0 Å². The maximum absolute atomic E-state index is 13.2. The number of para-hydroxylation sites is 1. The number of benzene rings is 2. The number of carbonyl (C=O) groups is 1. The fraction of sp³-hybridized carbons (Fsp3) is 0.417. The maximum atomic E-state index is 13.2. The lowest BCUT2D eigenvalue weighted by Crippen LogP contribution is -2.56. The second kappa shape index (κ2) is 9.08. The fourth-order valence-electron chi connectivity index (χ4n) is 4.90. The van der Waals surface area contributed by atoms with E-state index in [0.717, 1.165) is 57.8 Å². The van der Waals surface area contributed by atoms with Crippen LogP contribution in [0.2, 0.25) is 0 Å². The van der Waals surface area contributed by atoms with Gasteiger partial charge in [0.25, 0.3) is 5.91 Å². The zero-order valence-corrected chi connectivity index (χ0v) is 18.5. The first kappa shape index (κ1) is 20.6. The summed E-state index contributed by atoms with van der Waals surface area (Å²) in [5.74, 6) is 0.108. The molecule has 0 unspecified atom stereocenters. The summed E-state index contributed by atoms with van der Waals surface area (Å²) in [5, 5.41) is 11.2. The number of likely N-dealkylation sites (tertiary alicyclic amines) is 1. The molecule has 3 aromatic rings. The van der Waals surface area contributed by atoms with Crippen LogP contribution in [0, 0.1) is 6.92 Å². The van der Waals surface area contributed by atoms with Crippen molar-refractivity contribution in [2.45, 2.75) is 25.8 Å². The second-order valence-corrected chi connectivity index (χ2v) is 8.66. The van der Waals surface area contributed by atoms with Crippen LogP contribution in [0.15, 0.2) is 54.9 Å². The van der Waals surface area contributed by atoms with Gasteiger partial charge in [-0.1, -0.05) is 18.2 Å². The standard InChI is InChI=1S/C24H29N7O/c1-19-5-2-3-7-23(19)29-15-13-28(14-16-29)22-6-4-12-30(17-22)24(32)20-8-10-21(11-9-20)31-18-25-26-27-31/h2-3,5,7-11,18,22H,4,6,12-17H2,1H3/t22-/m0/s1. The van der Waals surface area contributed by atoms with Gasteiger partial charge in [-0.15, -0.1) is 5.10 Å². The first-order valence-corrected chi connectivity index (χ1v) is 11.4. The van der Waals surface area contributed by atoms with E-state index < -0.39 is 0 Å². The lowest BCUT2D eigenvalue weighted by molar-refractivity contribution is 0.0563. The number of tetrazole rings is 1. The van der Waals surface area contributed by atoms with Crippen LogP contribution in [0.4, 0.5) is 5.69 Å². The molecular formula is C24H29N7O. The zero-order valence-electron chi connectivity index (χ0n) is 18.5.